The minimum absolute atomic E-state index is 0.409. The molecule has 2 heterocycles. The maximum atomic E-state index is 10.4. The van der Waals surface area contributed by atoms with Crippen LogP contribution < -0.4 is 0 Å². The third-order valence-corrected chi connectivity index (χ3v) is 2.72. The van der Waals surface area contributed by atoms with E-state index >= 15 is 0 Å². The highest BCUT2D eigenvalue weighted by Crippen LogP contribution is 2.25. The first kappa shape index (κ1) is 6.91. The summed E-state index contributed by atoms with van der Waals surface area (Å²) in [6, 6.07) is 0. The molecule has 0 N–H and O–H groups in total. The van der Waals surface area contributed by atoms with Crippen molar-refractivity contribution in [2.75, 3.05) is 5.75 Å². The van der Waals surface area contributed by atoms with Crippen LogP contribution in [0.5, 0.6) is 0 Å². The Balaban J connectivity index is 2.45. The average Bonchev–Trinajstić information content (AvgIpc) is 2.47. The Kier molecular flexibility index (Phi) is 1.69. The van der Waals surface area contributed by atoms with Gasteiger partial charge in [0.05, 0.1) is 5.69 Å². The standard InChI is InChI=1S/C7H7NO2S/c9-3-7-5-4-11-2-1-6(5)8-10-7/h3H,1-2,4H2. The molecule has 0 amide bonds. The minimum atomic E-state index is 0.409. The molecule has 1 aliphatic rings. The highest BCUT2D eigenvalue weighted by atomic mass is 32.2. The average molecular weight is 169 g/mol. The Hall–Kier alpha value is -0.770. The molecule has 4 heteroatoms. The molecule has 1 aromatic heterocycles. The first-order chi connectivity index (χ1) is 5.42. The van der Waals surface area contributed by atoms with E-state index in [0.29, 0.717) is 5.76 Å². The van der Waals surface area contributed by atoms with Gasteiger partial charge in [0.25, 0.3) is 0 Å². The second-order valence-electron chi connectivity index (χ2n) is 2.39. The molecule has 3 nitrogen and oxygen atoms in total. The third-order valence-electron chi connectivity index (χ3n) is 1.74. The molecule has 1 aliphatic heterocycles. The lowest BCUT2D eigenvalue weighted by Crippen LogP contribution is -2.01. The van der Waals surface area contributed by atoms with Gasteiger partial charge in [0.15, 0.2) is 6.29 Å². The minimum Gasteiger partial charge on any atom is -0.353 e. The lowest BCUT2D eigenvalue weighted by atomic mass is 10.2. The number of aryl methyl sites for hydroxylation is 1. The van der Waals surface area contributed by atoms with E-state index in [1.807, 2.05) is 11.8 Å². The van der Waals surface area contributed by atoms with Crippen molar-refractivity contribution in [3.63, 3.8) is 0 Å². The summed E-state index contributed by atoms with van der Waals surface area (Å²) >= 11 is 1.81. The number of hydrogen-bond acceptors (Lipinski definition) is 4. The summed E-state index contributed by atoms with van der Waals surface area (Å²) < 4.78 is 4.84. The molecule has 0 aliphatic carbocycles. The van der Waals surface area contributed by atoms with Gasteiger partial charge in [-0.25, -0.2) is 0 Å². The van der Waals surface area contributed by atoms with Crippen molar-refractivity contribution in [3.8, 4) is 0 Å². The molecule has 0 unspecified atom stereocenters. The van der Waals surface area contributed by atoms with Crippen LogP contribution in [0.1, 0.15) is 21.8 Å². The lowest BCUT2D eigenvalue weighted by molar-refractivity contribution is 0.109. The van der Waals surface area contributed by atoms with Crippen molar-refractivity contribution < 1.29 is 9.32 Å². The van der Waals surface area contributed by atoms with E-state index in [2.05, 4.69) is 5.16 Å². The molecule has 0 fully saturated rings. The van der Waals surface area contributed by atoms with Gasteiger partial charge in [0.2, 0.25) is 5.76 Å². The zero-order valence-electron chi connectivity index (χ0n) is 5.87. The Labute approximate surface area is 68.1 Å². The Morgan fingerprint density at radius 1 is 1.64 bits per heavy atom. The fraction of sp³-hybridized carbons (Fsp3) is 0.429. The fourth-order valence-electron chi connectivity index (χ4n) is 1.14. The molecule has 0 spiro atoms. The lowest BCUT2D eigenvalue weighted by Gasteiger charge is -2.06. The van der Waals surface area contributed by atoms with Gasteiger partial charge in [0, 0.05) is 17.7 Å². The zero-order chi connectivity index (χ0) is 7.68. The second kappa shape index (κ2) is 2.70. The normalized spacial score (nSPS) is 16.0. The number of hydrogen-bond donors (Lipinski definition) is 0. The van der Waals surface area contributed by atoms with Gasteiger partial charge < -0.3 is 4.52 Å². The van der Waals surface area contributed by atoms with Crippen molar-refractivity contribution in [1.29, 1.82) is 0 Å². The zero-order valence-corrected chi connectivity index (χ0v) is 6.69. The first-order valence-electron chi connectivity index (χ1n) is 3.42. The molecule has 0 bridgehead atoms. The van der Waals surface area contributed by atoms with E-state index in [0.717, 1.165) is 35.5 Å². The number of aromatic nitrogens is 1. The fourth-order valence-corrected chi connectivity index (χ4v) is 2.14. The van der Waals surface area contributed by atoms with Gasteiger partial charge in [-0.05, 0) is 5.75 Å². The summed E-state index contributed by atoms with van der Waals surface area (Å²) in [6.45, 7) is 0. The summed E-state index contributed by atoms with van der Waals surface area (Å²) in [4.78, 5) is 10.4. The molecule has 0 aromatic carbocycles. The molecule has 0 saturated heterocycles. The van der Waals surface area contributed by atoms with Crippen LogP contribution in [0.2, 0.25) is 0 Å². The third kappa shape index (κ3) is 1.07. The Morgan fingerprint density at radius 2 is 2.55 bits per heavy atom. The van der Waals surface area contributed by atoms with Crippen molar-refractivity contribution in [2.45, 2.75) is 12.2 Å². The number of aldehydes is 1. The Morgan fingerprint density at radius 3 is 3.36 bits per heavy atom. The first-order valence-corrected chi connectivity index (χ1v) is 4.57. The van der Waals surface area contributed by atoms with Crippen LogP contribution in [0.4, 0.5) is 0 Å². The second-order valence-corrected chi connectivity index (χ2v) is 3.50. The number of carbonyl (C=O) groups is 1. The summed E-state index contributed by atoms with van der Waals surface area (Å²) in [5.74, 6) is 2.36. The van der Waals surface area contributed by atoms with Crippen molar-refractivity contribution in [2.24, 2.45) is 0 Å². The van der Waals surface area contributed by atoms with Crippen molar-refractivity contribution in [1.82, 2.24) is 5.16 Å². The molecular formula is C7H7NO2S. The van der Waals surface area contributed by atoms with E-state index in [4.69, 9.17) is 4.52 Å². The van der Waals surface area contributed by atoms with Crippen LogP contribution in [0.3, 0.4) is 0 Å². The van der Waals surface area contributed by atoms with Crippen LogP contribution in [-0.2, 0) is 12.2 Å². The monoisotopic (exact) mass is 169 g/mol. The van der Waals surface area contributed by atoms with Crippen LogP contribution in [0.15, 0.2) is 4.52 Å². The number of nitrogens with zero attached hydrogens (tertiary/aromatic N) is 1. The number of carbonyl (C=O) groups excluding carboxylic acids is 1. The van der Waals surface area contributed by atoms with E-state index in [9.17, 15) is 4.79 Å². The van der Waals surface area contributed by atoms with Gasteiger partial charge in [0.1, 0.15) is 0 Å². The van der Waals surface area contributed by atoms with Gasteiger partial charge >= 0.3 is 0 Å². The molecule has 0 saturated carbocycles. The van der Waals surface area contributed by atoms with Gasteiger partial charge in [-0.3, -0.25) is 4.79 Å². The predicted molar refractivity (Wildman–Crippen MR) is 41.8 cm³/mol. The largest absolute Gasteiger partial charge is 0.353 e. The number of rotatable bonds is 1. The quantitative estimate of drug-likeness (QED) is 0.594. The predicted octanol–water partition coefficient (Wildman–Crippen LogP) is 1.28. The molecule has 1 aromatic rings. The van der Waals surface area contributed by atoms with Crippen LogP contribution in [0.25, 0.3) is 0 Å². The highest BCUT2D eigenvalue weighted by Gasteiger charge is 2.18. The molecule has 0 atom stereocenters. The number of fused-ring (bicyclic) bond motifs is 1. The molecule has 11 heavy (non-hydrogen) atoms. The van der Waals surface area contributed by atoms with Crippen LogP contribution >= 0.6 is 11.8 Å². The molecular weight excluding hydrogens is 162 g/mol. The van der Waals surface area contributed by atoms with Crippen molar-refractivity contribution >= 4 is 18.0 Å². The summed E-state index contributed by atoms with van der Waals surface area (Å²) in [5, 5.41) is 3.81. The Bertz CT molecular complexity index is 282. The van der Waals surface area contributed by atoms with Crippen LogP contribution in [0, 0.1) is 0 Å². The molecule has 2 rings (SSSR count). The van der Waals surface area contributed by atoms with E-state index in [1.54, 1.807) is 0 Å². The summed E-state index contributed by atoms with van der Waals surface area (Å²) in [7, 11) is 0. The molecule has 0 radical (unpaired) electrons. The smallest absolute Gasteiger partial charge is 0.203 e. The van der Waals surface area contributed by atoms with Gasteiger partial charge in [-0.15, -0.1) is 0 Å². The van der Waals surface area contributed by atoms with Gasteiger partial charge in [-0.2, -0.15) is 11.8 Å². The summed E-state index contributed by atoms with van der Waals surface area (Å²) in [5.41, 5.74) is 1.96. The summed E-state index contributed by atoms with van der Waals surface area (Å²) in [6.07, 6.45) is 1.66. The molecule has 58 valence electrons. The highest BCUT2D eigenvalue weighted by molar-refractivity contribution is 7.98. The van der Waals surface area contributed by atoms with Crippen molar-refractivity contribution in [3.05, 3.63) is 17.0 Å². The SMILES string of the molecule is O=Cc1onc2c1CSCC2. The van der Waals surface area contributed by atoms with E-state index in [-0.39, 0.29) is 0 Å². The maximum Gasteiger partial charge on any atom is 0.203 e. The van der Waals surface area contributed by atoms with E-state index in [1.165, 1.54) is 0 Å². The van der Waals surface area contributed by atoms with Gasteiger partial charge in [-0.1, -0.05) is 5.16 Å². The van der Waals surface area contributed by atoms with Crippen LogP contribution in [-0.4, -0.2) is 17.2 Å². The number of thioether (sulfide) groups is 1. The maximum absolute atomic E-state index is 10.4. The topological polar surface area (TPSA) is 43.1 Å². The van der Waals surface area contributed by atoms with E-state index < -0.39 is 0 Å².